The number of carbonyl (C=O) groups excluding carboxylic acids is 2. The van der Waals surface area contributed by atoms with Gasteiger partial charge in [0.2, 0.25) is 0 Å². The molecule has 0 bridgehead atoms. The van der Waals surface area contributed by atoms with Gasteiger partial charge in [-0.3, -0.25) is 0 Å². The minimum Gasteiger partial charge on any atom is -0.466 e. The zero-order chi connectivity index (χ0) is 18.4. The van der Waals surface area contributed by atoms with Gasteiger partial charge in [-0.15, -0.1) is 0 Å². The molecule has 5 nitrogen and oxygen atoms in total. The summed E-state index contributed by atoms with van der Waals surface area (Å²) in [7, 11) is 2.64. The van der Waals surface area contributed by atoms with Crippen LogP contribution in [0.5, 0.6) is 0 Å². The number of esters is 2. The standard InChI is InChI=1S/C19H20BrNO4/c1-12-16(18(22)24-2)14(10-9-13-7-5-4-6-8-13)17(19(23)25-3)15(11-20)21-12/h4-10,14,21H,11H2,1-3H3. The van der Waals surface area contributed by atoms with Crippen molar-refractivity contribution in [2.75, 3.05) is 19.5 Å². The molecular weight excluding hydrogens is 386 g/mol. The van der Waals surface area contributed by atoms with Crippen molar-refractivity contribution in [1.82, 2.24) is 5.32 Å². The van der Waals surface area contributed by atoms with Gasteiger partial charge in [-0.1, -0.05) is 58.4 Å². The topological polar surface area (TPSA) is 64.6 Å². The number of hydrogen-bond acceptors (Lipinski definition) is 5. The zero-order valence-corrected chi connectivity index (χ0v) is 15.9. The number of benzene rings is 1. The number of alkyl halides is 1. The molecule has 1 N–H and O–H groups in total. The van der Waals surface area contributed by atoms with Crippen LogP contribution < -0.4 is 5.32 Å². The van der Waals surface area contributed by atoms with E-state index >= 15 is 0 Å². The molecule has 1 aromatic rings. The molecule has 1 aliphatic rings. The molecule has 0 aromatic heterocycles. The fourth-order valence-corrected chi connectivity index (χ4v) is 3.19. The molecule has 1 heterocycles. The van der Waals surface area contributed by atoms with Gasteiger partial charge in [0.1, 0.15) is 0 Å². The average molecular weight is 406 g/mol. The van der Waals surface area contributed by atoms with Crippen molar-refractivity contribution < 1.29 is 19.1 Å². The highest BCUT2D eigenvalue weighted by Gasteiger charge is 2.35. The summed E-state index contributed by atoms with van der Waals surface area (Å²) in [6.07, 6.45) is 3.70. The van der Waals surface area contributed by atoms with Crippen LogP contribution in [0.25, 0.3) is 6.08 Å². The normalized spacial score (nSPS) is 17.5. The molecule has 2 rings (SSSR count). The summed E-state index contributed by atoms with van der Waals surface area (Å²) < 4.78 is 9.85. The Balaban J connectivity index is 2.55. The van der Waals surface area contributed by atoms with Crippen LogP contribution in [0.15, 0.2) is 58.9 Å². The number of ether oxygens (including phenoxy) is 2. The Morgan fingerprint density at radius 1 is 1.12 bits per heavy atom. The number of nitrogens with one attached hydrogen (secondary N) is 1. The zero-order valence-electron chi connectivity index (χ0n) is 14.3. The van der Waals surface area contributed by atoms with E-state index in [1.165, 1.54) is 14.2 Å². The Kier molecular flexibility index (Phi) is 6.58. The minimum absolute atomic E-state index is 0.387. The molecule has 0 spiro atoms. The van der Waals surface area contributed by atoms with E-state index in [1.807, 2.05) is 42.5 Å². The molecular formula is C19H20BrNO4. The minimum atomic E-state index is -0.561. The lowest BCUT2D eigenvalue weighted by atomic mass is 9.85. The Morgan fingerprint density at radius 2 is 1.72 bits per heavy atom. The fourth-order valence-electron chi connectivity index (χ4n) is 2.75. The van der Waals surface area contributed by atoms with Crippen LogP contribution in [0.3, 0.4) is 0 Å². The monoisotopic (exact) mass is 405 g/mol. The van der Waals surface area contributed by atoms with Gasteiger partial charge in [0.15, 0.2) is 0 Å². The van der Waals surface area contributed by atoms with Gasteiger partial charge in [0, 0.05) is 22.6 Å². The average Bonchev–Trinajstić information content (AvgIpc) is 2.65. The van der Waals surface area contributed by atoms with Crippen molar-refractivity contribution >= 4 is 33.9 Å². The van der Waals surface area contributed by atoms with Gasteiger partial charge in [0.25, 0.3) is 0 Å². The molecule has 0 saturated carbocycles. The van der Waals surface area contributed by atoms with E-state index in [9.17, 15) is 9.59 Å². The first-order valence-corrected chi connectivity index (χ1v) is 8.82. The number of allylic oxidation sites excluding steroid dienone is 3. The van der Waals surface area contributed by atoms with Crippen LogP contribution in [-0.2, 0) is 19.1 Å². The molecule has 1 aliphatic heterocycles. The highest BCUT2D eigenvalue weighted by atomic mass is 79.9. The second-order valence-corrected chi connectivity index (χ2v) is 5.98. The third kappa shape index (κ3) is 4.20. The van der Waals surface area contributed by atoms with Crippen LogP contribution in [-0.4, -0.2) is 31.5 Å². The Hall–Kier alpha value is -2.34. The van der Waals surface area contributed by atoms with E-state index in [0.717, 1.165) is 5.56 Å². The molecule has 0 radical (unpaired) electrons. The molecule has 6 heteroatoms. The van der Waals surface area contributed by atoms with E-state index in [2.05, 4.69) is 21.2 Å². The first-order valence-electron chi connectivity index (χ1n) is 7.70. The van der Waals surface area contributed by atoms with Crippen molar-refractivity contribution in [2.45, 2.75) is 6.92 Å². The fraction of sp³-hybridized carbons (Fsp3) is 0.263. The summed E-state index contributed by atoms with van der Waals surface area (Å²) in [6, 6.07) is 9.66. The second-order valence-electron chi connectivity index (χ2n) is 5.42. The number of dihydropyridines is 1. The van der Waals surface area contributed by atoms with Gasteiger partial charge < -0.3 is 14.8 Å². The van der Waals surface area contributed by atoms with Crippen LogP contribution >= 0.6 is 15.9 Å². The van der Waals surface area contributed by atoms with E-state index in [0.29, 0.717) is 27.9 Å². The third-order valence-corrected chi connectivity index (χ3v) is 4.48. The smallest absolute Gasteiger partial charge is 0.336 e. The van der Waals surface area contributed by atoms with E-state index in [1.54, 1.807) is 6.92 Å². The SMILES string of the molecule is COC(=O)C1=C(C)NC(CBr)=C(C(=O)OC)C1C=Cc1ccccc1. The number of rotatable bonds is 5. The van der Waals surface area contributed by atoms with Gasteiger partial charge in [-0.2, -0.15) is 0 Å². The molecule has 1 aromatic carbocycles. The largest absolute Gasteiger partial charge is 0.466 e. The third-order valence-electron chi connectivity index (χ3n) is 3.91. The number of hydrogen-bond donors (Lipinski definition) is 1. The maximum absolute atomic E-state index is 12.4. The molecule has 0 fully saturated rings. The second kappa shape index (κ2) is 8.67. The van der Waals surface area contributed by atoms with Gasteiger partial charge in [-0.25, -0.2) is 9.59 Å². The maximum Gasteiger partial charge on any atom is 0.336 e. The molecule has 0 saturated heterocycles. The van der Waals surface area contributed by atoms with Gasteiger partial charge in [0.05, 0.1) is 25.4 Å². The summed E-state index contributed by atoms with van der Waals surface area (Å²) in [5.41, 5.74) is 3.06. The van der Waals surface area contributed by atoms with Crippen LogP contribution in [0, 0.1) is 5.92 Å². The Labute approximate surface area is 155 Å². The van der Waals surface area contributed by atoms with E-state index < -0.39 is 17.9 Å². The lowest BCUT2D eigenvalue weighted by Crippen LogP contribution is -2.33. The summed E-state index contributed by atoms with van der Waals surface area (Å²) in [6.45, 7) is 1.78. The summed E-state index contributed by atoms with van der Waals surface area (Å²) in [4.78, 5) is 24.7. The van der Waals surface area contributed by atoms with Gasteiger partial charge in [-0.05, 0) is 12.5 Å². The number of halogens is 1. The molecule has 1 atom stereocenters. The number of methoxy groups -OCH3 is 2. The highest BCUT2D eigenvalue weighted by Crippen LogP contribution is 2.33. The summed E-state index contributed by atoms with van der Waals surface area (Å²) >= 11 is 3.38. The summed E-state index contributed by atoms with van der Waals surface area (Å²) in [5, 5.41) is 3.53. The van der Waals surface area contributed by atoms with Crippen LogP contribution in [0.4, 0.5) is 0 Å². The van der Waals surface area contributed by atoms with Crippen molar-refractivity contribution in [3.8, 4) is 0 Å². The lowest BCUT2D eigenvalue weighted by molar-refractivity contribution is -0.137. The van der Waals surface area contributed by atoms with Crippen molar-refractivity contribution in [1.29, 1.82) is 0 Å². The molecule has 132 valence electrons. The summed E-state index contributed by atoms with van der Waals surface area (Å²) in [5.74, 6) is -1.53. The molecule has 0 amide bonds. The quantitative estimate of drug-likeness (QED) is 0.601. The Bertz CT molecular complexity index is 750. The molecule has 1 unspecified atom stereocenters. The van der Waals surface area contributed by atoms with Crippen LogP contribution in [0.2, 0.25) is 0 Å². The Morgan fingerprint density at radius 3 is 2.28 bits per heavy atom. The molecule has 0 aliphatic carbocycles. The number of carbonyl (C=O) groups is 2. The highest BCUT2D eigenvalue weighted by molar-refractivity contribution is 9.09. The maximum atomic E-state index is 12.4. The van der Waals surface area contributed by atoms with E-state index in [-0.39, 0.29) is 0 Å². The first kappa shape index (κ1) is 19.0. The predicted octanol–water partition coefficient (Wildman–Crippen LogP) is 3.19. The van der Waals surface area contributed by atoms with Crippen molar-refractivity contribution in [3.63, 3.8) is 0 Å². The van der Waals surface area contributed by atoms with Crippen molar-refractivity contribution in [2.24, 2.45) is 5.92 Å². The van der Waals surface area contributed by atoms with Crippen molar-refractivity contribution in [3.05, 3.63) is 64.5 Å². The van der Waals surface area contributed by atoms with Crippen LogP contribution in [0.1, 0.15) is 12.5 Å². The van der Waals surface area contributed by atoms with E-state index in [4.69, 9.17) is 9.47 Å². The lowest BCUT2D eigenvalue weighted by Gasteiger charge is -2.28. The van der Waals surface area contributed by atoms with Gasteiger partial charge >= 0.3 is 11.9 Å². The predicted molar refractivity (Wildman–Crippen MR) is 99.7 cm³/mol. The molecule has 25 heavy (non-hydrogen) atoms. The first-order chi connectivity index (χ1) is 12.0.